The van der Waals surface area contributed by atoms with Crippen LogP contribution in [0.25, 0.3) is 11.2 Å². The number of benzene rings is 1. The Morgan fingerprint density at radius 2 is 1.80 bits per heavy atom. The van der Waals surface area contributed by atoms with Crippen molar-refractivity contribution < 1.29 is 4.79 Å². The van der Waals surface area contributed by atoms with E-state index in [9.17, 15) is 14.4 Å². The minimum Gasteiger partial charge on any atom is -0.313 e. The van der Waals surface area contributed by atoms with Crippen molar-refractivity contribution in [3.63, 3.8) is 0 Å². The fourth-order valence-electron chi connectivity index (χ4n) is 2.67. The van der Waals surface area contributed by atoms with Gasteiger partial charge in [-0.15, -0.1) is 0 Å². The largest absolute Gasteiger partial charge is 0.332 e. The van der Waals surface area contributed by atoms with Crippen molar-refractivity contribution in [3.05, 3.63) is 56.7 Å². The van der Waals surface area contributed by atoms with E-state index in [1.54, 1.807) is 23.7 Å². The molecule has 0 aliphatic carbocycles. The summed E-state index contributed by atoms with van der Waals surface area (Å²) in [6.07, 6.45) is 0. The number of ketones is 1. The molecule has 2 heterocycles. The first-order chi connectivity index (χ1) is 12.0. The maximum absolute atomic E-state index is 12.5. The zero-order valence-corrected chi connectivity index (χ0v) is 15.0. The molecule has 7 nitrogen and oxygen atoms in total. The van der Waals surface area contributed by atoms with Gasteiger partial charge in [0.25, 0.3) is 5.56 Å². The van der Waals surface area contributed by atoms with Gasteiger partial charge in [0, 0.05) is 26.2 Å². The van der Waals surface area contributed by atoms with Crippen molar-refractivity contribution in [1.29, 1.82) is 0 Å². The maximum atomic E-state index is 12.5. The predicted molar refractivity (Wildman–Crippen MR) is 97.4 cm³/mol. The Balaban J connectivity index is 2.01. The highest BCUT2D eigenvalue weighted by molar-refractivity contribution is 7.99. The molecule has 0 atom stereocenters. The lowest BCUT2D eigenvalue weighted by Crippen LogP contribution is -2.37. The first kappa shape index (κ1) is 17.2. The van der Waals surface area contributed by atoms with Crippen LogP contribution in [0.5, 0.6) is 0 Å². The smallest absolute Gasteiger partial charge is 0.313 e. The van der Waals surface area contributed by atoms with Gasteiger partial charge in [0.05, 0.1) is 5.75 Å². The van der Waals surface area contributed by atoms with E-state index in [0.717, 1.165) is 4.57 Å². The van der Waals surface area contributed by atoms with E-state index in [1.807, 2.05) is 25.1 Å². The normalized spacial score (nSPS) is 11.2. The number of hydrogen-bond donors (Lipinski definition) is 0. The molecule has 0 amide bonds. The van der Waals surface area contributed by atoms with Gasteiger partial charge in [0.2, 0.25) is 0 Å². The third-order valence-electron chi connectivity index (χ3n) is 4.06. The third-order valence-corrected chi connectivity index (χ3v) is 5.03. The Labute approximate surface area is 147 Å². The molecule has 1 aromatic carbocycles. The highest BCUT2D eigenvalue weighted by atomic mass is 32.2. The molecule has 0 bridgehead atoms. The van der Waals surface area contributed by atoms with Crippen LogP contribution in [0.3, 0.4) is 0 Å². The summed E-state index contributed by atoms with van der Waals surface area (Å²) < 4.78 is 4.17. The van der Waals surface area contributed by atoms with Crippen LogP contribution in [0.15, 0.2) is 45.1 Å². The van der Waals surface area contributed by atoms with Crippen LogP contribution in [-0.4, -0.2) is 30.2 Å². The Hall–Kier alpha value is -2.61. The number of imidazole rings is 1. The lowest BCUT2D eigenvalue weighted by molar-refractivity contribution is 0.102. The van der Waals surface area contributed by atoms with E-state index in [-0.39, 0.29) is 17.1 Å². The monoisotopic (exact) mass is 358 g/mol. The molecule has 0 aliphatic rings. The van der Waals surface area contributed by atoms with Gasteiger partial charge in [-0.2, -0.15) is 0 Å². The summed E-state index contributed by atoms with van der Waals surface area (Å²) >= 11 is 1.27. The molecular formula is C17H18N4O3S. The highest BCUT2D eigenvalue weighted by Crippen LogP contribution is 2.22. The summed E-state index contributed by atoms with van der Waals surface area (Å²) in [4.78, 5) is 41.3. The fourth-order valence-corrected chi connectivity index (χ4v) is 3.62. The first-order valence-corrected chi connectivity index (χ1v) is 8.81. The molecule has 2 aromatic heterocycles. The number of hydrogen-bond acceptors (Lipinski definition) is 5. The molecule has 0 N–H and O–H groups in total. The summed E-state index contributed by atoms with van der Waals surface area (Å²) in [6.45, 7) is 2.42. The van der Waals surface area contributed by atoms with Gasteiger partial charge < -0.3 is 4.57 Å². The Morgan fingerprint density at radius 1 is 1.12 bits per heavy atom. The Bertz CT molecular complexity index is 1060. The van der Waals surface area contributed by atoms with E-state index in [0.29, 0.717) is 28.4 Å². The first-order valence-electron chi connectivity index (χ1n) is 7.83. The van der Waals surface area contributed by atoms with E-state index >= 15 is 0 Å². The Kier molecular flexibility index (Phi) is 4.63. The van der Waals surface area contributed by atoms with E-state index in [4.69, 9.17) is 0 Å². The Morgan fingerprint density at radius 3 is 2.44 bits per heavy atom. The van der Waals surface area contributed by atoms with Gasteiger partial charge in [-0.25, -0.2) is 9.78 Å². The van der Waals surface area contributed by atoms with Gasteiger partial charge in [-0.05, 0) is 6.92 Å². The fraction of sp³-hybridized carbons (Fsp3) is 0.294. The van der Waals surface area contributed by atoms with Gasteiger partial charge >= 0.3 is 5.69 Å². The summed E-state index contributed by atoms with van der Waals surface area (Å²) in [7, 11) is 3.03. The second kappa shape index (κ2) is 6.72. The van der Waals surface area contributed by atoms with Crippen LogP contribution in [0, 0.1) is 0 Å². The van der Waals surface area contributed by atoms with Crippen LogP contribution in [-0.2, 0) is 20.6 Å². The molecule has 25 heavy (non-hydrogen) atoms. The lowest BCUT2D eigenvalue weighted by Gasteiger charge is -2.06. The molecule has 0 unspecified atom stereocenters. The minimum absolute atomic E-state index is 0.0119. The minimum atomic E-state index is -0.421. The summed E-state index contributed by atoms with van der Waals surface area (Å²) in [6, 6.07) is 9.03. The number of Topliss-reactive ketones (excluding diaryl/α,β-unsaturated/α-hetero) is 1. The van der Waals surface area contributed by atoms with Crippen LogP contribution in [0.1, 0.15) is 17.3 Å². The molecular weight excluding hydrogens is 340 g/mol. The molecule has 0 aliphatic heterocycles. The van der Waals surface area contributed by atoms with Crippen molar-refractivity contribution in [1.82, 2.24) is 18.7 Å². The second-order valence-electron chi connectivity index (χ2n) is 5.59. The molecule has 3 aromatic rings. The van der Waals surface area contributed by atoms with Gasteiger partial charge in [0.1, 0.15) is 0 Å². The summed E-state index contributed by atoms with van der Waals surface area (Å²) in [5, 5.41) is 0.556. The average Bonchev–Trinajstić information content (AvgIpc) is 3.02. The van der Waals surface area contributed by atoms with Crippen LogP contribution < -0.4 is 11.2 Å². The number of fused-ring (bicyclic) bond motifs is 1. The van der Waals surface area contributed by atoms with E-state index in [2.05, 4.69) is 4.98 Å². The molecule has 0 radical (unpaired) electrons. The zero-order valence-electron chi connectivity index (χ0n) is 14.2. The number of aryl methyl sites for hydroxylation is 2. The number of nitrogens with zero attached hydrogens (tertiary/aromatic N) is 4. The summed E-state index contributed by atoms with van der Waals surface area (Å²) in [5.41, 5.74) is 0.549. The van der Waals surface area contributed by atoms with Crippen molar-refractivity contribution in [2.75, 3.05) is 5.75 Å². The molecule has 0 spiro atoms. The average molecular weight is 358 g/mol. The molecule has 130 valence electrons. The van der Waals surface area contributed by atoms with Crippen molar-refractivity contribution >= 4 is 28.7 Å². The van der Waals surface area contributed by atoms with Gasteiger partial charge in [-0.1, -0.05) is 42.1 Å². The van der Waals surface area contributed by atoms with E-state index in [1.165, 1.54) is 23.4 Å². The van der Waals surface area contributed by atoms with E-state index < -0.39 is 5.69 Å². The number of thioether (sulfide) groups is 1. The lowest BCUT2D eigenvalue weighted by atomic mass is 10.2. The molecule has 0 saturated carbocycles. The number of rotatable bonds is 5. The van der Waals surface area contributed by atoms with Crippen molar-refractivity contribution in [3.8, 4) is 0 Å². The van der Waals surface area contributed by atoms with Gasteiger partial charge in [0.15, 0.2) is 22.1 Å². The van der Waals surface area contributed by atoms with Crippen molar-refractivity contribution in [2.24, 2.45) is 14.1 Å². The van der Waals surface area contributed by atoms with Gasteiger partial charge in [-0.3, -0.25) is 18.7 Å². The third kappa shape index (κ3) is 2.93. The van der Waals surface area contributed by atoms with Crippen molar-refractivity contribution in [2.45, 2.75) is 18.6 Å². The maximum Gasteiger partial charge on any atom is 0.332 e. The molecule has 3 rings (SSSR count). The number of carbonyl (C=O) groups is 1. The SMILES string of the molecule is CCn1c(SCC(=O)c2ccccc2)nc2c1c(=O)n(C)c(=O)n2C. The standard InChI is InChI=1S/C17H18N4O3S/c1-4-21-13-14(19(2)17(24)20(3)15(13)23)18-16(21)25-10-12(22)11-8-6-5-7-9-11/h5-9H,4,10H2,1-3H3. The second-order valence-corrected chi connectivity index (χ2v) is 6.54. The summed E-state index contributed by atoms with van der Waals surface area (Å²) in [5.74, 6) is 0.198. The number of aromatic nitrogens is 4. The molecule has 8 heteroatoms. The molecule has 0 fully saturated rings. The number of carbonyl (C=O) groups excluding carboxylic acids is 1. The van der Waals surface area contributed by atoms with Crippen LogP contribution >= 0.6 is 11.8 Å². The zero-order chi connectivity index (χ0) is 18.1. The molecule has 0 saturated heterocycles. The highest BCUT2D eigenvalue weighted by Gasteiger charge is 2.19. The quantitative estimate of drug-likeness (QED) is 0.509. The van der Waals surface area contributed by atoms with Crippen LogP contribution in [0.2, 0.25) is 0 Å². The topological polar surface area (TPSA) is 78.9 Å². The van der Waals surface area contributed by atoms with Crippen LogP contribution in [0.4, 0.5) is 0 Å². The predicted octanol–water partition coefficient (Wildman–Crippen LogP) is 1.43.